The fraction of sp³-hybridized carbons (Fsp3) is 0.278. The van der Waals surface area contributed by atoms with Crippen molar-refractivity contribution in [2.75, 3.05) is 7.11 Å². The molecule has 1 N–H and O–H groups in total. The third-order valence-corrected chi connectivity index (χ3v) is 4.83. The maximum absolute atomic E-state index is 14.6. The lowest BCUT2D eigenvalue weighted by molar-refractivity contribution is -0.140. The maximum atomic E-state index is 14.6. The van der Waals surface area contributed by atoms with Crippen molar-refractivity contribution in [3.63, 3.8) is 0 Å². The first kappa shape index (κ1) is 15.6. The van der Waals surface area contributed by atoms with E-state index in [0.29, 0.717) is 29.5 Å². The normalized spacial score (nSPS) is 15.3. The van der Waals surface area contributed by atoms with Gasteiger partial charge in [-0.25, -0.2) is 9.37 Å². The van der Waals surface area contributed by atoms with E-state index in [4.69, 9.17) is 4.74 Å². The van der Waals surface area contributed by atoms with Gasteiger partial charge in [0.25, 0.3) is 0 Å². The Balaban J connectivity index is 1.90. The van der Waals surface area contributed by atoms with Crippen molar-refractivity contribution in [2.24, 2.45) is 7.05 Å². The average molecular weight is 341 g/mol. The standard InChI is InChI=1S/C18H16FN3O3/c1-22-16-12(9-21-22)5-11(8-20-16)10-6-13(15(25-2)14(19)7-10)18(3-4-18)17(23)24/h5-9H,3-4H2,1-2H3,(H,23,24). The third-order valence-electron chi connectivity index (χ3n) is 4.83. The summed E-state index contributed by atoms with van der Waals surface area (Å²) in [5.41, 5.74) is 1.31. The summed E-state index contributed by atoms with van der Waals surface area (Å²) in [5.74, 6) is -1.53. The van der Waals surface area contributed by atoms with Gasteiger partial charge < -0.3 is 9.84 Å². The van der Waals surface area contributed by atoms with Gasteiger partial charge in [-0.3, -0.25) is 9.48 Å². The molecule has 1 aromatic carbocycles. The zero-order chi connectivity index (χ0) is 17.8. The molecule has 0 unspecified atom stereocenters. The van der Waals surface area contributed by atoms with E-state index in [1.165, 1.54) is 13.2 Å². The van der Waals surface area contributed by atoms with Crippen LogP contribution in [0.4, 0.5) is 4.39 Å². The number of carbonyl (C=O) groups is 1. The van der Waals surface area contributed by atoms with Crippen LogP contribution in [0.5, 0.6) is 5.75 Å². The molecule has 0 atom stereocenters. The molecule has 0 spiro atoms. The summed E-state index contributed by atoms with van der Waals surface area (Å²) in [6, 6.07) is 4.91. The second-order valence-corrected chi connectivity index (χ2v) is 6.33. The lowest BCUT2D eigenvalue weighted by Crippen LogP contribution is -2.21. The number of aryl methyl sites for hydroxylation is 1. The molecule has 2 heterocycles. The molecule has 1 aliphatic carbocycles. The maximum Gasteiger partial charge on any atom is 0.314 e. The number of hydrogen-bond donors (Lipinski definition) is 1. The Morgan fingerprint density at radius 2 is 2.04 bits per heavy atom. The quantitative estimate of drug-likeness (QED) is 0.789. The minimum atomic E-state index is -1.06. The SMILES string of the molecule is COc1c(F)cc(-c2cnc3c(cnn3C)c2)cc1C1(C(=O)O)CC1. The number of carboxylic acid groups (broad SMARTS) is 1. The monoisotopic (exact) mass is 341 g/mol. The van der Waals surface area contributed by atoms with Crippen LogP contribution >= 0.6 is 0 Å². The van der Waals surface area contributed by atoms with Crippen LogP contribution in [-0.2, 0) is 17.3 Å². The summed E-state index contributed by atoms with van der Waals surface area (Å²) < 4.78 is 21.4. The number of benzene rings is 1. The summed E-state index contributed by atoms with van der Waals surface area (Å²) in [7, 11) is 3.15. The van der Waals surface area contributed by atoms with Crippen LogP contribution in [0.25, 0.3) is 22.2 Å². The predicted octanol–water partition coefficient (Wildman–Crippen LogP) is 2.90. The van der Waals surface area contributed by atoms with Gasteiger partial charge in [-0.1, -0.05) is 0 Å². The second-order valence-electron chi connectivity index (χ2n) is 6.33. The first-order chi connectivity index (χ1) is 12.0. The van der Waals surface area contributed by atoms with Crippen molar-refractivity contribution in [1.82, 2.24) is 14.8 Å². The van der Waals surface area contributed by atoms with Crippen LogP contribution in [0.15, 0.2) is 30.6 Å². The Morgan fingerprint density at radius 3 is 2.68 bits per heavy atom. The Morgan fingerprint density at radius 1 is 1.28 bits per heavy atom. The highest BCUT2D eigenvalue weighted by Crippen LogP contribution is 2.53. The Labute approximate surface area is 142 Å². The zero-order valence-corrected chi connectivity index (χ0v) is 13.8. The van der Waals surface area contributed by atoms with E-state index in [0.717, 1.165) is 11.0 Å². The van der Waals surface area contributed by atoms with E-state index in [1.54, 1.807) is 30.2 Å². The van der Waals surface area contributed by atoms with Gasteiger partial charge in [0.05, 0.1) is 18.7 Å². The van der Waals surface area contributed by atoms with Crippen molar-refractivity contribution in [2.45, 2.75) is 18.3 Å². The third kappa shape index (κ3) is 2.26. The number of rotatable bonds is 4. The number of halogens is 1. The molecule has 6 nitrogen and oxygen atoms in total. The molecular weight excluding hydrogens is 325 g/mol. The van der Waals surface area contributed by atoms with E-state index >= 15 is 0 Å². The number of carboxylic acids is 1. The molecule has 4 rings (SSSR count). The Bertz CT molecular complexity index is 1010. The molecule has 25 heavy (non-hydrogen) atoms. The molecule has 1 fully saturated rings. The minimum absolute atomic E-state index is 0.000866. The minimum Gasteiger partial charge on any atom is -0.493 e. The van der Waals surface area contributed by atoms with Gasteiger partial charge in [0.15, 0.2) is 17.2 Å². The van der Waals surface area contributed by atoms with Gasteiger partial charge in [0.1, 0.15) is 0 Å². The number of pyridine rings is 1. The molecule has 0 radical (unpaired) electrons. The van der Waals surface area contributed by atoms with E-state index in [1.807, 2.05) is 6.07 Å². The topological polar surface area (TPSA) is 77.2 Å². The van der Waals surface area contributed by atoms with Gasteiger partial charge in [-0.2, -0.15) is 5.10 Å². The first-order valence-electron chi connectivity index (χ1n) is 7.86. The van der Waals surface area contributed by atoms with Crippen molar-refractivity contribution in [3.8, 4) is 16.9 Å². The number of aliphatic carboxylic acids is 1. The molecular formula is C18H16FN3O3. The fourth-order valence-corrected chi connectivity index (χ4v) is 3.25. The molecule has 0 bridgehead atoms. The average Bonchev–Trinajstić information content (AvgIpc) is 3.33. The van der Waals surface area contributed by atoms with Gasteiger partial charge in [-0.05, 0) is 36.6 Å². The van der Waals surface area contributed by atoms with Gasteiger partial charge in [0, 0.05) is 29.8 Å². The number of methoxy groups -OCH3 is 1. The van der Waals surface area contributed by atoms with E-state index in [9.17, 15) is 14.3 Å². The largest absolute Gasteiger partial charge is 0.493 e. The number of ether oxygens (including phenoxy) is 1. The zero-order valence-electron chi connectivity index (χ0n) is 13.8. The second kappa shape index (κ2) is 5.27. The smallest absolute Gasteiger partial charge is 0.314 e. The molecule has 3 aromatic rings. The van der Waals surface area contributed by atoms with E-state index in [2.05, 4.69) is 10.1 Å². The van der Waals surface area contributed by atoms with Gasteiger partial charge in [0.2, 0.25) is 0 Å². The summed E-state index contributed by atoms with van der Waals surface area (Å²) in [6.45, 7) is 0. The van der Waals surface area contributed by atoms with Crippen molar-refractivity contribution in [1.29, 1.82) is 0 Å². The highest BCUT2D eigenvalue weighted by molar-refractivity contribution is 5.87. The van der Waals surface area contributed by atoms with E-state index in [-0.39, 0.29) is 5.75 Å². The van der Waals surface area contributed by atoms with E-state index < -0.39 is 17.2 Å². The predicted molar refractivity (Wildman–Crippen MR) is 89.0 cm³/mol. The molecule has 0 saturated heterocycles. The molecule has 128 valence electrons. The van der Waals surface area contributed by atoms with Crippen molar-refractivity contribution >= 4 is 17.0 Å². The highest BCUT2D eigenvalue weighted by atomic mass is 19.1. The summed E-state index contributed by atoms with van der Waals surface area (Å²) in [5, 5.41) is 14.6. The van der Waals surface area contributed by atoms with Gasteiger partial charge >= 0.3 is 5.97 Å². The summed E-state index contributed by atoms with van der Waals surface area (Å²) >= 11 is 0. The molecule has 1 saturated carbocycles. The molecule has 7 heteroatoms. The fourth-order valence-electron chi connectivity index (χ4n) is 3.25. The number of hydrogen-bond acceptors (Lipinski definition) is 4. The number of aromatic nitrogens is 3. The molecule has 0 amide bonds. The Kier molecular flexibility index (Phi) is 3.28. The highest BCUT2D eigenvalue weighted by Gasteiger charge is 2.54. The molecule has 1 aliphatic rings. The van der Waals surface area contributed by atoms with Crippen LogP contribution in [0.1, 0.15) is 18.4 Å². The summed E-state index contributed by atoms with van der Waals surface area (Å²) in [4.78, 5) is 16.0. The van der Waals surface area contributed by atoms with Crippen LogP contribution in [0, 0.1) is 5.82 Å². The number of nitrogens with zero attached hydrogens (tertiary/aromatic N) is 3. The van der Waals surface area contributed by atoms with Crippen molar-refractivity contribution < 1.29 is 19.0 Å². The van der Waals surface area contributed by atoms with Crippen LogP contribution in [-0.4, -0.2) is 33.0 Å². The van der Waals surface area contributed by atoms with Crippen LogP contribution in [0.3, 0.4) is 0 Å². The Hall–Kier alpha value is -2.96. The first-order valence-corrected chi connectivity index (χ1v) is 7.86. The summed E-state index contributed by atoms with van der Waals surface area (Å²) in [6.07, 6.45) is 4.27. The van der Waals surface area contributed by atoms with Crippen LogP contribution < -0.4 is 4.74 Å². The molecule has 2 aromatic heterocycles. The van der Waals surface area contributed by atoms with Crippen molar-refractivity contribution in [3.05, 3.63) is 42.0 Å². The van der Waals surface area contributed by atoms with Crippen LogP contribution in [0.2, 0.25) is 0 Å². The lowest BCUT2D eigenvalue weighted by atomic mass is 9.91. The lowest BCUT2D eigenvalue weighted by Gasteiger charge is -2.17. The number of fused-ring (bicyclic) bond motifs is 1. The molecule has 0 aliphatic heterocycles. The van der Waals surface area contributed by atoms with Gasteiger partial charge in [-0.15, -0.1) is 0 Å².